The lowest BCUT2D eigenvalue weighted by atomic mass is 9.97. The standard InChI is InChI=1S/C18H30N4O9S/c1-3-8(2)14(22-15(27)9(19)7-32)17(29)20-10(4-5-12(23)24)16(28)21-11(18(30)31)6-13(25)26/h8-11,14,32H,3-7,19H2,1-2H3,(H,20,29)(H,21,28)(H,22,27)(H,23,24)(H,25,26)(H,30,31). The lowest BCUT2D eigenvalue weighted by Crippen LogP contribution is -2.59. The van der Waals surface area contributed by atoms with Gasteiger partial charge in [0.2, 0.25) is 17.7 Å². The third-order valence-electron chi connectivity index (χ3n) is 4.60. The van der Waals surface area contributed by atoms with Gasteiger partial charge in [-0.1, -0.05) is 20.3 Å². The molecule has 5 atom stereocenters. The lowest BCUT2D eigenvalue weighted by Gasteiger charge is -2.27. The Hall–Kier alpha value is -2.87. The van der Waals surface area contributed by atoms with Gasteiger partial charge in [0.15, 0.2) is 0 Å². The maximum atomic E-state index is 12.8. The van der Waals surface area contributed by atoms with Crippen molar-refractivity contribution in [1.82, 2.24) is 16.0 Å². The minimum atomic E-state index is -1.79. The summed E-state index contributed by atoms with van der Waals surface area (Å²) in [4.78, 5) is 70.4. The van der Waals surface area contributed by atoms with Crippen molar-refractivity contribution in [2.45, 2.75) is 63.7 Å². The fraction of sp³-hybridized carbons (Fsp3) is 0.667. The molecule has 0 saturated heterocycles. The third-order valence-corrected chi connectivity index (χ3v) is 4.99. The van der Waals surface area contributed by atoms with Crippen LogP contribution < -0.4 is 21.7 Å². The van der Waals surface area contributed by atoms with Crippen LogP contribution in [0.3, 0.4) is 0 Å². The van der Waals surface area contributed by atoms with Crippen molar-refractivity contribution < 1.29 is 44.1 Å². The Balaban J connectivity index is 5.61. The first-order valence-electron chi connectivity index (χ1n) is 9.77. The number of nitrogens with one attached hydrogen (secondary N) is 3. The first-order valence-corrected chi connectivity index (χ1v) is 10.4. The van der Waals surface area contributed by atoms with E-state index in [1.165, 1.54) is 0 Å². The van der Waals surface area contributed by atoms with E-state index in [4.69, 9.17) is 21.1 Å². The quantitative estimate of drug-likeness (QED) is 0.123. The highest BCUT2D eigenvalue weighted by Crippen LogP contribution is 2.10. The normalized spacial score (nSPS) is 15.4. The first-order chi connectivity index (χ1) is 14.8. The maximum absolute atomic E-state index is 12.8. The highest BCUT2D eigenvalue weighted by molar-refractivity contribution is 7.80. The molecule has 0 spiro atoms. The van der Waals surface area contributed by atoms with Crippen LogP contribution in [0.15, 0.2) is 0 Å². The monoisotopic (exact) mass is 478 g/mol. The molecular formula is C18H30N4O9S. The fourth-order valence-corrected chi connectivity index (χ4v) is 2.66. The Morgan fingerprint density at radius 1 is 0.875 bits per heavy atom. The number of thiol groups is 1. The molecule has 0 heterocycles. The van der Waals surface area contributed by atoms with Crippen molar-refractivity contribution >= 4 is 48.3 Å². The summed E-state index contributed by atoms with van der Waals surface area (Å²) in [5, 5.41) is 33.6. The van der Waals surface area contributed by atoms with Gasteiger partial charge < -0.3 is 37.0 Å². The van der Waals surface area contributed by atoms with Crippen molar-refractivity contribution in [2.24, 2.45) is 11.7 Å². The Kier molecular flexibility index (Phi) is 13.0. The number of amides is 3. The van der Waals surface area contributed by atoms with E-state index in [0.29, 0.717) is 6.42 Å². The predicted molar refractivity (Wildman–Crippen MR) is 114 cm³/mol. The molecule has 32 heavy (non-hydrogen) atoms. The summed E-state index contributed by atoms with van der Waals surface area (Å²) in [5.41, 5.74) is 5.61. The van der Waals surface area contributed by atoms with Gasteiger partial charge in [-0.25, -0.2) is 4.79 Å². The second-order valence-corrected chi connectivity index (χ2v) is 7.52. The Labute approximate surface area is 189 Å². The van der Waals surface area contributed by atoms with Crippen molar-refractivity contribution in [3.05, 3.63) is 0 Å². The van der Waals surface area contributed by atoms with Gasteiger partial charge in [-0.05, 0) is 12.3 Å². The average Bonchev–Trinajstić information content (AvgIpc) is 2.71. The molecule has 0 aliphatic heterocycles. The molecule has 3 amide bonds. The number of nitrogens with two attached hydrogens (primary N) is 1. The molecule has 8 N–H and O–H groups in total. The maximum Gasteiger partial charge on any atom is 0.326 e. The molecule has 0 rings (SSSR count). The molecule has 0 aliphatic carbocycles. The van der Waals surface area contributed by atoms with E-state index in [-0.39, 0.29) is 5.75 Å². The molecule has 5 unspecified atom stereocenters. The Bertz CT molecular complexity index is 719. The Morgan fingerprint density at radius 3 is 1.88 bits per heavy atom. The molecule has 0 aromatic rings. The molecule has 0 aromatic heterocycles. The van der Waals surface area contributed by atoms with Crippen LogP contribution in [0.2, 0.25) is 0 Å². The van der Waals surface area contributed by atoms with E-state index in [9.17, 15) is 28.8 Å². The summed E-state index contributed by atoms with van der Waals surface area (Å²) >= 11 is 3.92. The van der Waals surface area contributed by atoms with Crippen molar-refractivity contribution in [2.75, 3.05) is 5.75 Å². The predicted octanol–water partition coefficient (Wildman–Crippen LogP) is -1.83. The average molecular weight is 479 g/mol. The fourth-order valence-electron chi connectivity index (χ4n) is 2.49. The number of carbonyl (C=O) groups excluding carboxylic acids is 3. The number of carboxylic acids is 3. The molecule has 14 heteroatoms. The van der Waals surface area contributed by atoms with E-state index < -0.39 is 85.0 Å². The zero-order valence-corrected chi connectivity index (χ0v) is 18.6. The van der Waals surface area contributed by atoms with E-state index in [1.807, 2.05) is 5.32 Å². The van der Waals surface area contributed by atoms with Gasteiger partial charge in [0.1, 0.15) is 18.1 Å². The van der Waals surface area contributed by atoms with Gasteiger partial charge >= 0.3 is 17.9 Å². The molecule has 0 radical (unpaired) electrons. The van der Waals surface area contributed by atoms with E-state index in [0.717, 1.165) is 0 Å². The number of carbonyl (C=O) groups is 6. The van der Waals surface area contributed by atoms with Gasteiger partial charge in [-0.2, -0.15) is 12.6 Å². The molecule has 0 bridgehead atoms. The van der Waals surface area contributed by atoms with Crippen LogP contribution in [0.5, 0.6) is 0 Å². The van der Waals surface area contributed by atoms with E-state index in [2.05, 4.69) is 23.3 Å². The number of rotatable bonds is 15. The summed E-state index contributed by atoms with van der Waals surface area (Å²) in [5.74, 6) is -7.29. The largest absolute Gasteiger partial charge is 0.481 e. The number of hydrogen-bond acceptors (Lipinski definition) is 8. The van der Waals surface area contributed by atoms with E-state index >= 15 is 0 Å². The van der Waals surface area contributed by atoms with Gasteiger partial charge in [0.25, 0.3) is 0 Å². The number of carboxylic acid groups (broad SMARTS) is 3. The number of hydrogen-bond donors (Lipinski definition) is 8. The number of aliphatic carboxylic acids is 3. The van der Waals surface area contributed by atoms with Crippen LogP contribution in [-0.2, 0) is 28.8 Å². The minimum Gasteiger partial charge on any atom is -0.481 e. The van der Waals surface area contributed by atoms with Crippen molar-refractivity contribution in [1.29, 1.82) is 0 Å². The van der Waals surface area contributed by atoms with Crippen LogP contribution in [0.25, 0.3) is 0 Å². The molecule has 182 valence electrons. The lowest BCUT2D eigenvalue weighted by molar-refractivity contribution is -0.147. The van der Waals surface area contributed by atoms with Gasteiger partial charge in [-0.3, -0.25) is 24.0 Å². The zero-order valence-electron chi connectivity index (χ0n) is 17.7. The van der Waals surface area contributed by atoms with Crippen LogP contribution in [0.4, 0.5) is 0 Å². The molecular weight excluding hydrogens is 448 g/mol. The summed E-state index contributed by atoms with van der Waals surface area (Å²) in [7, 11) is 0. The molecule has 13 nitrogen and oxygen atoms in total. The van der Waals surface area contributed by atoms with Crippen molar-refractivity contribution in [3.8, 4) is 0 Å². The smallest absolute Gasteiger partial charge is 0.326 e. The highest BCUT2D eigenvalue weighted by Gasteiger charge is 2.33. The van der Waals surface area contributed by atoms with Gasteiger partial charge in [0, 0.05) is 12.2 Å². The zero-order chi connectivity index (χ0) is 25.0. The van der Waals surface area contributed by atoms with Gasteiger partial charge in [-0.15, -0.1) is 0 Å². The van der Waals surface area contributed by atoms with Crippen LogP contribution in [0, 0.1) is 5.92 Å². The summed E-state index contributed by atoms with van der Waals surface area (Å²) < 4.78 is 0. The molecule has 0 saturated carbocycles. The van der Waals surface area contributed by atoms with Crippen LogP contribution in [0.1, 0.15) is 39.5 Å². The highest BCUT2D eigenvalue weighted by atomic mass is 32.1. The minimum absolute atomic E-state index is 0.0183. The third kappa shape index (κ3) is 10.4. The topological polar surface area (TPSA) is 225 Å². The van der Waals surface area contributed by atoms with Crippen LogP contribution >= 0.6 is 12.6 Å². The van der Waals surface area contributed by atoms with Crippen LogP contribution in [-0.4, -0.2) is 80.9 Å². The second-order valence-electron chi connectivity index (χ2n) is 7.15. The summed E-state index contributed by atoms with van der Waals surface area (Å²) in [6.45, 7) is 3.42. The first kappa shape index (κ1) is 29.1. The summed E-state index contributed by atoms with van der Waals surface area (Å²) in [6, 6.07) is -5.39. The summed E-state index contributed by atoms with van der Waals surface area (Å²) in [6.07, 6.45) is -1.41. The van der Waals surface area contributed by atoms with Crippen molar-refractivity contribution in [3.63, 3.8) is 0 Å². The molecule has 0 aliphatic rings. The van der Waals surface area contributed by atoms with Gasteiger partial charge in [0.05, 0.1) is 12.5 Å². The van der Waals surface area contributed by atoms with E-state index in [1.54, 1.807) is 13.8 Å². The molecule has 0 fully saturated rings. The SMILES string of the molecule is CCC(C)C(NC(=O)C(N)CS)C(=O)NC(CCC(=O)O)C(=O)NC(CC(=O)O)C(=O)O. The second kappa shape index (κ2) is 14.2. The Morgan fingerprint density at radius 2 is 1.44 bits per heavy atom. The molecule has 0 aromatic carbocycles.